The fourth-order valence-corrected chi connectivity index (χ4v) is 3.24. The van der Waals surface area contributed by atoms with Crippen molar-refractivity contribution < 1.29 is 9.59 Å². The minimum absolute atomic E-state index is 0.426. The quantitative estimate of drug-likeness (QED) is 0.706. The van der Waals surface area contributed by atoms with Crippen molar-refractivity contribution in [3.63, 3.8) is 0 Å². The van der Waals surface area contributed by atoms with Gasteiger partial charge in [-0.15, -0.1) is 0 Å². The molecule has 0 aromatic heterocycles. The molecular weight excluding hydrogens is 352 g/mol. The van der Waals surface area contributed by atoms with Gasteiger partial charge < -0.3 is 0 Å². The van der Waals surface area contributed by atoms with E-state index in [2.05, 4.69) is 20.0 Å². The van der Waals surface area contributed by atoms with Gasteiger partial charge in [0.25, 0.3) is 0 Å². The number of hydrogen-bond acceptors (Lipinski definition) is 6. The fraction of sp³-hybridized carbons (Fsp3) is 0. The number of aliphatic imine (C=N–C) groups is 4. The van der Waals surface area contributed by atoms with E-state index in [0.29, 0.717) is 56.8 Å². The van der Waals surface area contributed by atoms with Crippen LogP contribution in [0.1, 0.15) is 0 Å². The Morgan fingerprint density at radius 2 is 1.00 bits per heavy atom. The molecule has 5 rings (SSSR count). The molecule has 0 spiro atoms. The van der Waals surface area contributed by atoms with Gasteiger partial charge in [-0.1, -0.05) is 0 Å². The van der Waals surface area contributed by atoms with Crippen LogP contribution in [0, 0.1) is 0 Å². The van der Waals surface area contributed by atoms with E-state index in [1.165, 1.54) is 0 Å². The Morgan fingerprint density at radius 1 is 0.536 bits per heavy atom. The number of rotatable bonds is 2. The molecule has 8 bridgehead atoms. The number of allylic oxidation sites excluding steroid dienone is 12. The van der Waals surface area contributed by atoms with Crippen LogP contribution in [0.2, 0.25) is 0 Å². The first-order valence-electron chi connectivity index (χ1n) is 8.64. The van der Waals surface area contributed by atoms with Crippen molar-refractivity contribution in [2.75, 3.05) is 0 Å². The average molecular weight is 364 g/mol. The Hall–Kier alpha value is -4.06. The minimum atomic E-state index is 0.426. The third-order valence-corrected chi connectivity index (χ3v) is 4.58. The molecule has 0 atom stereocenters. The van der Waals surface area contributed by atoms with Crippen molar-refractivity contribution in [2.24, 2.45) is 20.0 Å². The van der Waals surface area contributed by atoms with Gasteiger partial charge in [-0.25, -0.2) is 20.0 Å². The van der Waals surface area contributed by atoms with Crippen LogP contribution in [-0.4, -0.2) is 35.4 Å². The lowest BCUT2D eigenvalue weighted by molar-refractivity contribution is -0.105. The molecule has 0 saturated carbocycles. The zero-order valence-electron chi connectivity index (χ0n) is 14.5. The van der Waals surface area contributed by atoms with Gasteiger partial charge in [-0.05, 0) is 60.8 Å². The molecule has 28 heavy (non-hydrogen) atoms. The molecule has 0 saturated heterocycles. The van der Waals surface area contributed by atoms with Gasteiger partial charge in [0, 0.05) is 0 Å². The third-order valence-electron chi connectivity index (χ3n) is 4.58. The van der Waals surface area contributed by atoms with Gasteiger partial charge in [0.1, 0.15) is 0 Å². The zero-order valence-corrected chi connectivity index (χ0v) is 14.5. The predicted octanol–water partition coefficient (Wildman–Crippen LogP) is 2.72. The third kappa shape index (κ3) is 2.68. The summed E-state index contributed by atoms with van der Waals surface area (Å²) in [6, 6.07) is 0. The Balaban J connectivity index is 1.73. The number of carbonyl (C=O) groups is 2. The molecule has 0 aliphatic carbocycles. The highest BCUT2D eigenvalue weighted by atomic mass is 16.1. The van der Waals surface area contributed by atoms with Crippen LogP contribution in [0.5, 0.6) is 0 Å². The molecule has 0 aromatic carbocycles. The number of aldehydes is 2. The molecule has 0 fully saturated rings. The molecule has 0 radical (unpaired) electrons. The largest absolute Gasteiger partial charge is 0.298 e. The number of carbonyl (C=O) groups excluding carboxylic acids is 2. The molecule has 0 aromatic rings. The first kappa shape index (κ1) is 16.1. The van der Waals surface area contributed by atoms with E-state index in [1.54, 1.807) is 36.5 Å². The van der Waals surface area contributed by atoms with Crippen molar-refractivity contribution in [1.29, 1.82) is 0 Å². The maximum atomic E-state index is 11.7. The topological polar surface area (TPSA) is 83.6 Å². The number of fused-ring (bicyclic) bond motifs is 4. The van der Waals surface area contributed by atoms with E-state index in [9.17, 15) is 9.59 Å². The van der Waals surface area contributed by atoms with Crippen molar-refractivity contribution in [1.82, 2.24) is 0 Å². The van der Waals surface area contributed by atoms with E-state index in [4.69, 9.17) is 0 Å². The van der Waals surface area contributed by atoms with Crippen molar-refractivity contribution in [2.45, 2.75) is 0 Å². The van der Waals surface area contributed by atoms with Crippen LogP contribution in [-0.2, 0) is 9.59 Å². The second-order valence-corrected chi connectivity index (χ2v) is 6.37. The highest BCUT2D eigenvalue weighted by molar-refractivity contribution is 6.25. The van der Waals surface area contributed by atoms with Crippen LogP contribution < -0.4 is 0 Å². The molecule has 0 unspecified atom stereocenters. The van der Waals surface area contributed by atoms with Crippen molar-refractivity contribution >= 4 is 35.4 Å². The Bertz CT molecular complexity index is 1120. The lowest BCUT2D eigenvalue weighted by Gasteiger charge is -2.00. The second kappa shape index (κ2) is 6.28. The van der Waals surface area contributed by atoms with Gasteiger partial charge in [0.05, 0.1) is 56.8 Å². The average Bonchev–Trinajstić information content (AvgIpc) is 3.47. The van der Waals surface area contributed by atoms with E-state index < -0.39 is 0 Å². The Morgan fingerprint density at radius 3 is 1.43 bits per heavy atom. The summed E-state index contributed by atoms with van der Waals surface area (Å²) in [5.41, 5.74) is 5.76. The summed E-state index contributed by atoms with van der Waals surface area (Å²) in [4.78, 5) is 41.4. The van der Waals surface area contributed by atoms with Crippen LogP contribution in [0.15, 0.2) is 115 Å². The highest BCUT2D eigenvalue weighted by Crippen LogP contribution is 2.24. The Kier molecular flexibility index (Phi) is 3.62. The van der Waals surface area contributed by atoms with Crippen molar-refractivity contribution in [3.8, 4) is 0 Å². The fourth-order valence-electron chi connectivity index (χ4n) is 3.24. The molecule has 5 heterocycles. The molecule has 0 N–H and O–H groups in total. The zero-order chi connectivity index (χ0) is 19.1. The second-order valence-electron chi connectivity index (χ2n) is 6.37. The summed E-state index contributed by atoms with van der Waals surface area (Å²) in [6.07, 6.45) is 19.5. The number of nitrogens with zero attached hydrogens (tertiary/aromatic N) is 4. The Labute approximate surface area is 160 Å². The van der Waals surface area contributed by atoms with E-state index in [0.717, 1.165) is 12.6 Å². The number of hydrogen-bond donors (Lipinski definition) is 0. The summed E-state index contributed by atoms with van der Waals surface area (Å²) in [7, 11) is 0. The molecule has 5 aliphatic rings. The minimum Gasteiger partial charge on any atom is -0.298 e. The smallest absolute Gasteiger partial charge is 0.154 e. The molecule has 6 heteroatoms. The lowest BCUT2D eigenvalue weighted by Crippen LogP contribution is -2.02. The summed E-state index contributed by atoms with van der Waals surface area (Å²) >= 11 is 0. The van der Waals surface area contributed by atoms with Gasteiger partial charge in [-0.3, -0.25) is 9.59 Å². The van der Waals surface area contributed by atoms with E-state index in [1.807, 2.05) is 24.3 Å². The standard InChI is InChI=1S/C22H12N4O2/c27-11-17-19-5-1-13(23-19)9-14-2-6-21(24-14)18(12-28)22-8-4-16(26-22)10-15-3-7-20(17)25-15/h1-12H. The first-order chi connectivity index (χ1) is 13.7. The lowest BCUT2D eigenvalue weighted by atomic mass is 10.1. The summed E-state index contributed by atoms with van der Waals surface area (Å²) in [6.45, 7) is 0. The molecule has 5 aliphatic heterocycles. The highest BCUT2D eigenvalue weighted by Gasteiger charge is 2.19. The van der Waals surface area contributed by atoms with Crippen LogP contribution >= 0.6 is 0 Å². The first-order valence-corrected chi connectivity index (χ1v) is 8.64. The van der Waals surface area contributed by atoms with Gasteiger partial charge in [0.15, 0.2) is 12.6 Å². The predicted molar refractivity (Wildman–Crippen MR) is 109 cm³/mol. The van der Waals surface area contributed by atoms with Gasteiger partial charge in [-0.2, -0.15) is 0 Å². The summed E-state index contributed by atoms with van der Waals surface area (Å²) in [5.74, 6) is 0. The maximum Gasteiger partial charge on any atom is 0.154 e. The van der Waals surface area contributed by atoms with Crippen LogP contribution in [0.4, 0.5) is 0 Å². The SMILES string of the molecule is O=CC1=C2C=CC(=N2)C=C2C=CC(=N2)C(C=O)=C2C=CC(=N2)C=C2C=CC1=N2. The normalized spacial score (nSPS) is 21.6. The maximum absolute atomic E-state index is 11.7. The van der Waals surface area contributed by atoms with E-state index in [-0.39, 0.29) is 0 Å². The van der Waals surface area contributed by atoms with Crippen LogP contribution in [0.25, 0.3) is 0 Å². The van der Waals surface area contributed by atoms with Gasteiger partial charge >= 0.3 is 0 Å². The molecular formula is C22H12N4O2. The van der Waals surface area contributed by atoms with E-state index >= 15 is 0 Å². The van der Waals surface area contributed by atoms with Crippen molar-refractivity contribution in [3.05, 3.63) is 94.7 Å². The molecule has 0 amide bonds. The van der Waals surface area contributed by atoms with Gasteiger partial charge in [0.2, 0.25) is 0 Å². The summed E-state index contributed by atoms with van der Waals surface area (Å²) in [5, 5.41) is 0. The monoisotopic (exact) mass is 364 g/mol. The summed E-state index contributed by atoms with van der Waals surface area (Å²) < 4.78 is 0. The molecule has 6 nitrogen and oxygen atoms in total. The molecule has 132 valence electrons. The van der Waals surface area contributed by atoms with Crippen LogP contribution in [0.3, 0.4) is 0 Å².